The minimum atomic E-state index is -0.586. The van der Waals surface area contributed by atoms with Gasteiger partial charge in [0.2, 0.25) is 5.91 Å². The lowest BCUT2D eigenvalue weighted by atomic mass is 10.1. The Hall–Kier alpha value is -3.63. The molecule has 0 radical (unpaired) electrons. The van der Waals surface area contributed by atoms with Crippen LogP contribution in [0.1, 0.15) is 108 Å². The van der Waals surface area contributed by atoms with Crippen LogP contribution < -0.4 is 5.69 Å². The molecule has 11 heteroatoms. The van der Waals surface area contributed by atoms with E-state index in [1.54, 1.807) is 0 Å². The Morgan fingerprint density at radius 3 is 2.15 bits per heavy atom. The lowest BCUT2D eigenvalue weighted by molar-refractivity contribution is -0.128. The van der Waals surface area contributed by atoms with Crippen LogP contribution in [-0.2, 0) is 21.4 Å². The van der Waals surface area contributed by atoms with Crippen LogP contribution in [0.15, 0.2) is 35.4 Å². The minimum Gasteiger partial charge on any atom is -0.471 e. The third-order valence-corrected chi connectivity index (χ3v) is 5.82. The smallest absolute Gasteiger partial charge is 0.352 e. The van der Waals surface area contributed by atoms with Gasteiger partial charge in [0.05, 0.1) is 7.11 Å². The number of allylic oxidation sites excluding steroid dienone is 4. The van der Waals surface area contributed by atoms with E-state index < -0.39 is 11.6 Å². The molecule has 11 nitrogen and oxygen atoms in total. The van der Waals surface area contributed by atoms with E-state index in [4.69, 9.17) is 4.79 Å². The number of ether oxygens (including phenoxy) is 1. The predicted octanol–water partition coefficient (Wildman–Crippen LogP) is 5.05. The minimum absolute atomic E-state index is 0.0461. The fourth-order valence-electron chi connectivity index (χ4n) is 3.56. The van der Waals surface area contributed by atoms with Crippen LogP contribution in [0.5, 0.6) is 0 Å². The average molecular weight is 561 g/mol. The molecule has 0 aliphatic rings. The lowest BCUT2D eigenvalue weighted by Crippen LogP contribution is -2.34. The molecule has 2 aromatic rings. The SMILES string of the molecule is CC.CCCCC/C=C\C/C=C\CCCCCCCC(=O)N(C)C(=O)c1ncn2c(=O)n(C)nnc12.COC=O. The largest absolute Gasteiger partial charge is 0.471 e. The van der Waals surface area contributed by atoms with E-state index in [2.05, 4.69) is 51.3 Å². The Morgan fingerprint density at radius 2 is 1.55 bits per heavy atom. The molecule has 0 saturated heterocycles. The van der Waals surface area contributed by atoms with Gasteiger partial charge in [-0.25, -0.2) is 14.2 Å². The molecule has 224 valence electrons. The Bertz CT molecular complexity index is 1110. The molecule has 0 atom stereocenters. The van der Waals surface area contributed by atoms with Gasteiger partial charge < -0.3 is 4.74 Å². The summed E-state index contributed by atoms with van der Waals surface area (Å²) >= 11 is 0. The molecule has 2 aromatic heterocycles. The number of hydrogen-bond acceptors (Lipinski definition) is 8. The normalized spacial score (nSPS) is 10.7. The van der Waals surface area contributed by atoms with Crippen molar-refractivity contribution >= 4 is 23.9 Å². The lowest BCUT2D eigenvalue weighted by Gasteiger charge is -2.14. The molecular weight excluding hydrogens is 512 g/mol. The number of carbonyl (C=O) groups is 3. The van der Waals surface area contributed by atoms with Crippen LogP contribution in [0.2, 0.25) is 0 Å². The fourth-order valence-corrected chi connectivity index (χ4v) is 3.56. The van der Waals surface area contributed by atoms with Gasteiger partial charge in [-0.3, -0.25) is 19.3 Å². The number of imide groups is 1. The van der Waals surface area contributed by atoms with Crippen molar-refractivity contribution in [3.8, 4) is 0 Å². The van der Waals surface area contributed by atoms with E-state index in [1.807, 2.05) is 13.8 Å². The van der Waals surface area contributed by atoms with Crippen molar-refractivity contribution in [3.05, 3.63) is 46.8 Å². The van der Waals surface area contributed by atoms with E-state index in [0.29, 0.717) is 12.9 Å². The van der Waals surface area contributed by atoms with Crippen molar-refractivity contribution in [3.63, 3.8) is 0 Å². The highest BCUT2D eigenvalue weighted by molar-refractivity contribution is 6.06. The van der Waals surface area contributed by atoms with Crippen molar-refractivity contribution < 1.29 is 19.1 Å². The number of aromatic nitrogens is 5. The van der Waals surface area contributed by atoms with Crippen LogP contribution in [0.25, 0.3) is 5.65 Å². The number of unbranched alkanes of at least 4 members (excludes halogenated alkanes) is 8. The summed E-state index contributed by atoms with van der Waals surface area (Å²) in [5.41, 5.74) is -0.471. The molecule has 2 amide bonds. The number of aryl methyl sites for hydroxylation is 1. The Balaban J connectivity index is 0.00000232. The molecule has 0 aromatic carbocycles. The molecule has 2 heterocycles. The highest BCUT2D eigenvalue weighted by Gasteiger charge is 2.24. The summed E-state index contributed by atoms with van der Waals surface area (Å²) in [7, 11) is 4.20. The number of imidazole rings is 1. The first-order chi connectivity index (χ1) is 19.4. The predicted molar refractivity (Wildman–Crippen MR) is 157 cm³/mol. The van der Waals surface area contributed by atoms with Crippen LogP contribution in [0, 0.1) is 0 Å². The van der Waals surface area contributed by atoms with Crippen molar-refractivity contribution in [1.82, 2.24) is 29.3 Å². The van der Waals surface area contributed by atoms with Gasteiger partial charge in [-0.1, -0.05) is 82.4 Å². The van der Waals surface area contributed by atoms with Gasteiger partial charge in [-0.15, -0.1) is 5.10 Å². The number of methoxy groups -OCH3 is 1. The summed E-state index contributed by atoms with van der Waals surface area (Å²) in [5, 5.41) is 7.53. The Kier molecular flexibility index (Phi) is 21.2. The zero-order valence-electron chi connectivity index (χ0n) is 25.2. The van der Waals surface area contributed by atoms with Gasteiger partial charge >= 0.3 is 5.69 Å². The van der Waals surface area contributed by atoms with Crippen molar-refractivity contribution in [2.24, 2.45) is 7.05 Å². The van der Waals surface area contributed by atoms with Crippen molar-refractivity contribution in [2.75, 3.05) is 14.2 Å². The first-order valence-corrected chi connectivity index (χ1v) is 14.2. The van der Waals surface area contributed by atoms with Gasteiger partial charge in [-0.2, -0.15) is 4.68 Å². The highest BCUT2D eigenvalue weighted by Crippen LogP contribution is 2.11. The van der Waals surface area contributed by atoms with Gasteiger partial charge in [0.15, 0.2) is 11.3 Å². The quantitative estimate of drug-likeness (QED) is 0.158. The monoisotopic (exact) mass is 560 g/mol. The number of hydrogen-bond donors (Lipinski definition) is 0. The summed E-state index contributed by atoms with van der Waals surface area (Å²) in [4.78, 5) is 51.1. The maximum atomic E-state index is 12.7. The fraction of sp³-hybridized carbons (Fsp3) is 0.621. The van der Waals surface area contributed by atoms with E-state index in [9.17, 15) is 14.4 Å². The molecule has 40 heavy (non-hydrogen) atoms. The topological polar surface area (TPSA) is 129 Å². The molecular formula is C29H48N6O5. The van der Waals surface area contributed by atoms with Gasteiger partial charge in [-0.05, 0) is 38.5 Å². The molecule has 0 saturated carbocycles. The molecule has 0 aliphatic heterocycles. The van der Waals surface area contributed by atoms with Crippen molar-refractivity contribution in [2.45, 2.75) is 97.8 Å². The van der Waals surface area contributed by atoms with E-state index in [1.165, 1.54) is 53.2 Å². The first-order valence-electron chi connectivity index (χ1n) is 14.2. The zero-order valence-corrected chi connectivity index (χ0v) is 25.2. The number of carbonyl (C=O) groups excluding carboxylic acids is 3. The van der Waals surface area contributed by atoms with E-state index in [-0.39, 0.29) is 17.2 Å². The third kappa shape index (κ3) is 14.0. The van der Waals surface area contributed by atoms with Gasteiger partial charge in [0.1, 0.15) is 6.33 Å². The highest BCUT2D eigenvalue weighted by atomic mass is 16.5. The molecule has 2 rings (SSSR count). The van der Waals surface area contributed by atoms with E-state index in [0.717, 1.165) is 58.9 Å². The summed E-state index contributed by atoms with van der Waals surface area (Å²) in [6, 6.07) is 0. The molecule has 0 unspecified atom stereocenters. The second kappa shape index (κ2) is 23.3. The van der Waals surface area contributed by atoms with Gasteiger partial charge in [0, 0.05) is 20.5 Å². The summed E-state index contributed by atoms with van der Waals surface area (Å²) in [6.45, 7) is 6.60. The zero-order chi connectivity index (χ0) is 30.2. The number of amides is 2. The van der Waals surface area contributed by atoms with Crippen molar-refractivity contribution in [1.29, 1.82) is 0 Å². The van der Waals surface area contributed by atoms with Crippen LogP contribution >= 0.6 is 0 Å². The molecule has 0 bridgehead atoms. The maximum Gasteiger partial charge on any atom is 0.352 e. The number of fused-ring (bicyclic) bond motifs is 1. The van der Waals surface area contributed by atoms with E-state index >= 15 is 0 Å². The molecule has 0 N–H and O–H groups in total. The third-order valence-electron chi connectivity index (χ3n) is 5.82. The molecule has 0 fully saturated rings. The number of nitrogens with zero attached hydrogens (tertiary/aromatic N) is 6. The summed E-state index contributed by atoms with van der Waals surface area (Å²) in [6.07, 6.45) is 22.7. The Labute approximate surface area is 238 Å². The van der Waals surface area contributed by atoms with Gasteiger partial charge in [0.25, 0.3) is 12.4 Å². The number of rotatable bonds is 16. The summed E-state index contributed by atoms with van der Waals surface area (Å²) in [5.74, 6) is -0.855. The van der Waals surface area contributed by atoms with Crippen LogP contribution in [0.4, 0.5) is 0 Å². The second-order valence-electron chi connectivity index (χ2n) is 8.85. The Morgan fingerprint density at radius 1 is 0.975 bits per heavy atom. The first kappa shape index (κ1) is 36.4. The standard InChI is InChI=1S/C25H38N6O3.C2H4O2.C2H6/c1-4-5-6-7-8-9-10-11-12-13-14-15-16-17-18-19-21(32)29(2)24(33)22-23-27-28-30(3)25(34)31(23)20-26-22;1-4-2-3;1-2/h8-9,11-12,20H,4-7,10,13-19H2,1-3H3;2H,1H3;1-2H3/b9-8-,12-11-;;. The second-order valence-corrected chi connectivity index (χ2v) is 8.85. The summed E-state index contributed by atoms with van der Waals surface area (Å²) < 4.78 is 6.04. The molecule has 0 spiro atoms. The van der Waals surface area contributed by atoms with Crippen LogP contribution in [-0.4, -0.2) is 61.7 Å². The molecule has 0 aliphatic carbocycles. The van der Waals surface area contributed by atoms with Crippen LogP contribution in [0.3, 0.4) is 0 Å². The average Bonchev–Trinajstić information content (AvgIpc) is 3.42. The maximum absolute atomic E-state index is 12.7.